The van der Waals surface area contributed by atoms with Crippen LogP contribution in [0.25, 0.3) is 0 Å². The molecule has 3 heteroatoms. The van der Waals surface area contributed by atoms with Gasteiger partial charge in [0, 0.05) is 11.7 Å². The molecule has 0 saturated carbocycles. The first kappa shape index (κ1) is 13.5. The zero-order valence-electron chi connectivity index (χ0n) is 11.2. The third-order valence-electron chi connectivity index (χ3n) is 2.83. The van der Waals surface area contributed by atoms with Gasteiger partial charge in [-0.05, 0) is 38.8 Å². The lowest BCUT2D eigenvalue weighted by Gasteiger charge is -2.16. The number of aromatic nitrogens is 1. The van der Waals surface area contributed by atoms with Crippen LogP contribution >= 0.6 is 0 Å². The smallest absolute Gasteiger partial charge is 0.144 e. The van der Waals surface area contributed by atoms with Crippen molar-refractivity contribution in [2.75, 3.05) is 5.32 Å². The highest BCUT2D eigenvalue weighted by atomic mass is 15.0. The number of aryl methyl sites for hydroxylation is 2. The van der Waals surface area contributed by atoms with Gasteiger partial charge in [0.2, 0.25) is 0 Å². The van der Waals surface area contributed by atoms with Crippen molar-refractivity contribution in [2.24, 2.45) is 0 Å². The summed E-state index contributed by atoms with van der Waals surface area (Å²) in [6.07, 6.45) is 3.49. The number of hydrogen-bond donors (Lipinski definition) is 1. The van der Waals surface area contributed by atoms with Gasteiger partial charge in [-0.1, -0.05) is 19.8 Å². The van der Waals surface area contributed by atoms with Gasteiger partial charge in [0.05, 0.1) is 5.56 Å². The topological polar surface area (TPSA) is 48.7 Å². The molecule has 0 saturated heterocycles. The molecular formula is C14H21N3. The van der Waals surface area contributed by atoms with E-state index in [1.165, 1.54) is 12.8 Å². The van der Waals surface area contributed by atoms with Crippen molar-refractivity contribution in [2.45, 2.75) is 53.0 Å². The van der Waals surface area contributed by atoms with Crippen LogP contribution in [0.3, 0.4) is 0 Å². The van der Waals surface area contributed by atoms with Crippen LogP contribution in [0.15, 0.2) is 6.07 Å². The minimum absolute atomic E-state index is 0.357. The summed E-state index contributed by atoms with van der Waals surface area (Å²) < 4.78 is 0. The molecule has 0 amide bonds. The molecule has 92 valence electrons. The van der Waals surface area contributed by atoms with Crippen molar-refractivity contribution >= 4 is 5.82 Å². The maximum atomic E-state index is 9.15. The number of nitrogens with one attached hydrogen (secondary N) is 1. The lowest BCUT2D eigenvalue weighted by Crippen LogP contribution is -2.17. The average molecular weight is 231 g/mol. The lowest BCUT2D eigenvalue weighted by atomic mass is 10.1. The Hall–Kier alpha value is -1.56. The van der Waals surface area contributed by atoms with E-state index in [1.807, 2.05) is 19.9 Å². The third kappa shape index (κ3) is 3.74. The van der Waals surface area contributed by atoms with Crippen LogP contribution in [-0.4, -0.2) is 11.0 Å². The van der Waals surface area contributed by atoms with Crippen LogP contribution in [0.5, 0.6) is 0 Å². The summed E-state index contributed by atoms with van der Waals surface area (Å²) in [5.41, 5.74) is 2.61. The van der Waals surface area contributed by atoms with Crippen LogP contribution in [0, 0.1) is 25.2 Å². The van der Waals surface area contributed by atoms with Gasteiger partial charge in [0.15, 0.2) is 0 Å². The summed E-state index contributed by atoms with van der Waals surface area (Å²) in [6.45, 7) is 8.23. The molecular weight excluding hydrogens is 210 g/mol. The molecule has 17 heavy (non-hydrogen) atoms. The van der Waals surface area contributed by atoms with Gasteiger partial charge in [-0.15, -0.1) is 0 Å². The number of pyridine rings is 1. The fourth-order valence-electron chi connectivity index (χ4n) is 1.90. The van der Waals surface area contributed by atoms with Gasteiger partial charge in [-0.2, -0.15) is 5.26 Å². The summed E-state index contributed by atoms with van der Waals surface area (Å²) in [4.78, 5) is 4.42. The minimum atomic E-state index is 0.357. The molecule has 0 aliphatic heterocycles. The zero-order valence-corrected chi connectivity index (χ0v) is 11.2. The van der Waals surface area contributed by atoms with E-state index < -0.39 is 0 Å². The Labute approximate surface area is 104 Å². The summed E-state index contributed by atoms with van der Waals surface area (Å²) in [5, 5.41) is 12.5. The zero-order chi connectivity index (χ0) is 12.8. The standard InChI is InChI=1S/C14H21N3/c1-5-6-7-11(3)16-14-13(9-15)10(2)8-12(4)17-14/h8,11H,5-7H2,1-4H3,(H,16,17). The van der Waals surface area contributed by atoms with Crippen molar-refractivity contribution in [1.29, 1.82) is 5.26 Å². The van der Waals surface area contributed by atoms with Crippen LogP contribution in [-0.2, 0) is 0 Å². The highest BCUT2D eigenvalue weighted by molar-refractivity contribution is 5.56. The van der Waals surface area contributed by atoms with Crippen molar-refractivity contribution < 1.29 is 0 Å². The molecule has 1 rings (SSSR count). The van der Waals surface area contributed by atoms with E-state index in [1.54, 1.807) is 0 Å². The molecule has 1 aromatic heterocycles. The van der Waals surface area contributed by atoms with Crippen molar-refractivity contribution in [1.82, 2.24) is 4.98 Å². The van der Waals surface area contributed by atoms with Crippen molar-refractivity contribution in [3.8, 4) is 6.07 Å². The normalized spacial score (nSPS) is 11.9. The number of nitrogens with zero attached hydrogens (tertiary/aromatic N) is 2. The van der Waals surface area contributed by atoms with Gasteiger partial charge < -0.3 is 5.32 Å². The predicted octanol–water partition coefficient (Wildman–Crippen LogP) is 3.56. The van der Waals surface area contributed by atoms with E-state index in [4.69, 9.17) is 5.26 Å². The Balaban J connectivity index is 2.86. The molecule has 0 fully saturated rings. The van der Waals surface area contributed by atoms with Gasteiger partial charge in [-0.25, -0.2) is 4.98 Å². The molecule has 0 bridgehead atoms. The summed E-state index contributed by atoms with van der Waals surface area (Å²) >= 11 is 0. The van der Waals surface area contributed by atoms with Gasteiger partial charge in [0.25, 0.3) is 0 Å². The molecule has 0 aromatic carbocycles. The predicted molar refractivity (Wildman–Crippen MR) is 71.0 cm³/mol. The van der Waals surface area contributed by atoms with E-state index in [0.29, 0.717) is 11.6 Å². The molecule has 1 unspecified atom stereocenters. The van der Waals surface area contributed by atoms with Gasteiger partial charge >= 0.3 is 0 Å². The second-order valence-corrected chi connectivity index (χ2v) is 4.60. The maximum absolute atomic E-state index is 9.15. The van der Waals surface area contributed by atoms with Crippen LogP contribution in [0.2, 0.25) is 0 Å². The first-order valence-corrected chi connectivity index (χ1v) is 6.23. The van der Waals surface area contributed by atoms with E-state index in [0.717, 1.165) is 23.5 Å². The molecule has 1 N–H and O–H groups in total. The molecule has 0 radical (unpaired) electrons. The first-order chi connectivity index (χ1) is 8.08. The molecule has 1 aromatic rings. The second kappa shape index (κ2) is 6.24. The van der Waals surface area contributed by atoms with Crippen LogP contribution < -0.4 is 5.32 Å². The number of unbranched alkanes of at least 4 members (excludes halogenated alkanes) is 1. The minimum Gasteiger partial charge on any atom is -0.367 e. The molecule has 0 aliphatic rings. The Bertz CT molecular complexity index is 418. The fourth-order valence-corrected chi connectivity index (χ4v) is 1.90. The molecule has 3 nitrogen and oxygen atoms in total. The summed E-state index contributed by atoms with van der Waals surface area (Å²) in [6, 6.07) is 4.53. The Morgan fingerprint density at radius 1 is 1.47 bits per heavy atom. The summed E-state index contributed by atoms with van der Waals surface area (Å²) in [5.74, 6) is 0.730. The largest absolute Gasteiger partial charge is 0.367 e. The highest BCUT2D eigenvalue weighted by Gasteiger charge is 2.10. The molecule has 0 aliphatic carbocycles. The van der Waals surface area contributed by atoms with E-state index in [9.17, 15) is 0 Å². The highest BCUT2D eigenvalue weighted by Crippen LogP contribution is 2.19. The van der Waals surface area contributed by atoms with Crippen molar-refractivity contribution in [3.05, 3.63) is 22.9 Å². The van der Waals surface area contributed by atoms with Gasteiger partial charge in [0.1, 0.15) is 11.9 Å². The molecule has 1 heterocycles. The fraction of sp³-hybridized carbons (Fsp3) is 0.571. The van der Waals surface area contributed by atoms with E-state index in [2.05, 4.69) is 30.2 Å². The van der Waals surface area contributed by atoms with Crippen molar-refractivity contribution in [3.63, 3.8) is 0 Å². The van der Waals surface area contributed by atoms with E-state index >= 15 is 0 Å². The maximum Gasteiger partial charge on any atom is 0.144 e. The number of rotatable bonds is 5. The third-order valence-corrected chi connectivity index (χ3v) is 2.83. The second-order valence-electron chi connectivity index (χ2n) is 4.60. The van der Waals surface area contributed by atoms with Gasteiger partial charge in [-0.3, -0.25) is 0 Å². The Morgan fingerprint density at radius 3 is 2.76 bits per heavy atom. The average Bonchev–Trinajstić information content (AvgIpc) is 2.25. The Morgan fingerprint density at radius 2 is 2.18 bits per heavy atom. The SMILES string of the molecule is CCCCC(C)Nc1nc(C)cc(C)c1C#N. The first-order valence-electron chi connectivity index (χ1n) is 6.23. The quantitative estimate of drug-likeness (QED) is 0.843. The lowest BCUT2D eigenvalue weighted by molar-refractivity contribution is 0.643. The summed E-state index contributed by atoms with van der Waals surface area (Å²) in [7, 11) is 0. The number of anilines is 1. The number of hydrogen-bond acceptors (Lipinski definition) is 3. The molecule has 1 atom stereocenters. The Kier molecular flexibility index (Phi) is 4.96. The molecule has 0 spiro atoms. The van der Waals surface area contributed by atoms with E-state index in [-0.39, 0.29) is 0 Å². The monoisotopic (exact) mass is 231 g/mol. The van der Waals surface area contributed by atoms with Crippen LogP contribution in [0.4, 0.5) is 5.82 Å². The number of nitriles is 1. The van der Waals surface area contributed by atoms with Crippen LogP contribution in [0.1, 0.15) is 49.9 Å².